The van der Waals surface area contributed by atoms with Gasteiger partial charge in [-0.3, -0.25) is 0 Å². The van der Waals surface area contributed by atoms with E-state index in [1.165, 1.54) is 38.3 Å². The third kappa shape index (κ3) is 8.40. The first-order valence-electron chi connectivity index (χ1n) is 6.02. The second-order valence-corrected chi connectivity index (χ2v) is 4.55. The maximum Gasteiger partial charge on any atom is 0.110 e. The van der Waals surface area contributed by atoms with Crippen LogP contribution in [-0.4, -0.2) is 7.28 Å². The van der Waals surface area contributed by atoms with Gasteiger partial charge in [-0.2, -0.15) is 0 Å². The molecule has 13 heavy (non-hydrogen) atoms. The van der Waals surface area contributed by atoms with E-state index in [4.69, 9.17) is 0 Å². The van der Waals surface area contributed by atoms with Crippen molar-refractivity contribution in [2.75, 3.05) is 0 Å². The van der Waals surface area contributed by atoms with Crippen LogP contribution >= 0.6 is 0 Å². The average Bonchev–Trinajstić information content (AvgIpc) is 2.05. The summed E-state index contributed by atoms with van der Waals surface area (Å²) in [7, 11) is 2.50. The Morgan fingerprint density at radius 1 is 0.846 bits per heavy atom. The number of hydrogen-bond acceptors (Lipinski definition) is 0. The van der Waals surface area contributed by atoms with Gasteiger partial charge in [-0.05, 0) is 0 Å². The minimum Gasteiger partial charge on any atom is -0.0778 e. The van der Waals surface area contributed by atoms with Gasteiger partial charge in [0.2, 0.25) is 0 Å². The molecule has 0 N–H and O–H groups in total. The van der Waals surface area contributed by atoms with Crippen LogP contribution in [0.1, 0.15) is 53.4 Å². The molecule has 0 aromatic carbocycles. The quantitative estimate of drug-likeness (QED) is 0.487. The van der Waals surface area contributed by atoms with E-state index in [-0.39, 0.29) is 0 Å². The molecule has 0 saturated heterocycles. The molecule has 0 aromatic heterocycles. The number of hydrogen-bond donors (Lipinski definition) is 0. The summed E-state index contributed by atoms with van der Waals surface area (Å²) < 4.78 is 0. The third-order valence-corrected chi connectivity index (χ3v) is 2.70. The summed E-state index contributed by atoms with van der Waals surface area (Å²) in [4.78, 5) is 0. The molecule has 0 aromatic rings. The molecule has 0 heterocycles. The predicted octanol–water partition coefficient (Wildman–Crippen LogP) is 4.40. The lowest BCUT2D eigenvalue weighted by Crippen LogP contribution is -2.04. The molecule has 2 atom stereocenters. The molecule has 1 heteroatoms. The molecule has 0 aliphatic rings. The van der Waals surface area contributed by atoms with Crippen LogP contribution in [0, 0.1) is 11.8 Å². The van der Waals surface area contributed by atoms with Gasteiger partial charge in [0.1, 0.15) is 7.28 Å². The monoisotopic (exact) mass is 181 g/mol. The van der Waals surface area contributed by atoms with E-state index in [0.717, 1.165) is 11.8 Å². The van der Waals surface area contributed by atoms with Crippen LogP contribution in [0.4, 0.5) is 0 Å². The highest BCUT2D eigenvalue weighted by molar-refractivity contribution is 6.35. The molecule has 0 aliphatic heterocycles. The van der Waals surface area contributed by atoms with E-state index >= 15 is 0 Å². The zero-order valence-corrected chi connectivity index (χ0v) is 9.97. The number of rotatable bonds is 8. The Bertz CT molecular complexity index is 89.3. The van der Waals surface area contributed by atoms with Crippen LogP contribution < -0.4 is 0 Å². The summed E-state index contributed by atoms with van der Waals surface area (Å²) in [6.45, 7) is 9.28. The summed E-state index contributed by atoms with van der Waals surface area (Å²) in [6.07, 6.45) is 8.08. The Balaban J connectivity index is 3.23. The second-order valence-electron chi connectivity index (χ2n) is 4.55. The summed E-state index contributed by atoms with van der Waals surface area (Å²) in [5.74, 6) is 1.80. The van der Waals surface area contributed by atoms with Gasteiger partial charge >= 0.3 is 0 Å². The van der Waals surface area contributed by atoms with Crippen molar-refractivity contribution < 1.29 is 0 Å². The zero-order valence-electron chi connectivity index (χ0n) is 9.97. The summed E-state index contributed by atoms with van der Waals surface area (Å²) in [5.41, 5.74) is 0. The van der Waals surface area contributed by atoms with Gasteiger partial charge in [-0.15, -0.1) is 0 Å². The van der Waals surface area contributed by atoms with Crippen LogP contribution in [0.25, 0.3) is 0 Å². The van der Waals surface area contributed by atoms with Crippen molar-refractivity contribution in [3.63, 3.8) is 0 Å². The SMILES string of the molecule is CCCC(C)C[B]CC(C)CCC. The molecule has 1 radical (unpaired) electrons. The summed E-state index contributed by atoms with van der Waals surface area (Å²) in [5, 5.41) is 0. The highest BCUT2D eigenvalue weighted by Gasteiger charge is 2.04. The molecule has 0 spiro atoms. The molecule has 2 unspecified atom stereocenters. The predicted molar refractivity (Wildman–Crippen MR) is 63.5 cm³/mol. The zero-order chi connectivity index (χ0) is 10.1. The van der Waals surface area contributed by atoms with Crippen molar-refractivity contribution in [1.29, 1.82) is 0 Å². The van der Waals surface area contributed by atoms with Crippen LogP contribution in [-0.2, 0) is 0 Å². The van der Waals surface area contributed by atoms with E-state index in [1.54, 1.807) is 0 Å². The lowest BCUT2D eigenvalue weighted by atomic mass is 9.63. The van der Waals surface area contributed by atoms with E-state index < -0.39 is 0 Å². The van der Waals surface area contributed by atoms with Crippen LogP contribution in [0.3, 0.4) is 0 Å². The lowest BCUT2D eigenvalue weighted by Gasteiger charge is -2.11. The fourth-order valence-electron chi connectivity index (χ4n) is 1.89. The first kappa shape index (κ1) is 13.1. The highest BCUT2D eigenvalue weighted by Crippen LogP contribution is 2.15. The maximum absolute atomic E-state index is 2.50. The molecule has 0 saturated carbocycles. The smallest absolute Gasteiger partial charge is 0.0778 e. The van der Waals surface area contributed by atoms with Crippen LogP contribution in [0.15, 0.2) is 0 Å². The molecular formula is C12H26B. The van der Waals surface area contributed by atoms with Gasteiger partial charge < -0.3 is 0 Å². The van der Waals surface area contributed by atoms with Crippen LogP contribution in [0.2, 0.25) is 12.6 Å². The maximum atomic E-state index is 2.50. The minimum atomic E-state index is 0.902. The Kier molecular flexibility index (Phi) is 8.70. The topological polar surface area (TPSA) is 0 Å². The first-order chi connectivity index (χ1) is 6.20. The molecule has 0 aliphatic carbocycles. The van der Waals surface area contributed by atoms with Gasteiger partial charge in [-0.25, -0.2) is 0 Å². The van der Waals surface area contributed by atoms with E-state index in [1.807, 2.05) is 0 Å². The van der Waals surface area contributed by atoms with Crippen LogP contribution in [0.5, 0.6) is 0 Å². The summed E-state index contributed by atoms with van der Waals surface area (Å²) >= 11 is 0. The molecular weight excluding hydrogens is 155 g/mol. The molecule has 0 nitrogen and oxygen atoms in total. The van der Waals surface area contributed by atoms with Gasteiger partial charge in [0.25, 0.3) is 0 Å². The lowest BCUT2D eigenvalue weighted by molar-refractivity contribution is 0.554. The van der Waals surface area contributed by atoms with Gasteiger partial charge in [0.05, 0.1) is 0 Å². The largest absolute Gasteiger partial charge is 0.110 e. The Morgan fingerprint density at radius 2 is 1.23 bits per heavy atom. The molecule has 77 valence electrons. The average molecular weight is 181 g/mol. The standard InChI is InChI=1S/C12H26B/c1-5-7-11(3)9-13-10-12(4)8-6-2/h11-12H,5-10H2,1-4H3. The van der Waals surface area contributed by atoms with E-state index in [0.29, 0.717) is 0 Å². The van der Waals surface area contributed by atoms with Gasteiger partial charge in [0, 0.05) is 0 Å². The minimum absolute atomic E-state index is 0.902. The van der Waals surface area contributed by atoms with Crippen molar-refractivity contribution >= 4 is 7.28 Å². The molecule has 0 rings (SSSR count). The summed E-state index contributed by atoms with van der Waals surface area (Å²) in [6, 6.07) is 0. The Hall–Kier alpha value is 0.0649. The molecule has 0 amide bonds. The molecule has 0 fully saturated rings. The van der Waals surface area contributed by atoms with Crippen molar-refractivity contribution in [3.05, 3.63) is 0 Å². The van der Waals surface area contributed by atoms with Crippen molar-refractivity contribution in [3.8, 4) is 0 Å². The van der Waals surface area contributed by atoms with Gasteiger partial charge in [-0.1, -0.05) is 77.9 Å². The second kappa shape index (κ2) is 8.65. The van der Waals surface area contributed by atoms with Gasteiger partial charge in [0.15, 0.2) is 0 Å². The highest BCUT2D eigenvalue weighted by atomic mass is 14.0. The van der Waals surface area contributed by atoms with E-state index in [2.05, 4.69) is 35.0 Å². The van der Waals surface area contributed by atoms with Crippen molar-refractivity contribution in [2.24, 2.45) is 11.8 Å². The molecule has 0 bridgehead atoms. The Morgan fingerprint density at radius 3 is 1.54 bits per heavy atom. The van der Waals surface area contributed by atoms with Crippen molar-refractivity contribution in [1.82, 2.24) is 0 Å². The normalized spacial score (nSPS) is 15.4. The van der Waals surface area contributed by atoms with Crippen molar-refractivity contribution in [2.45, 2.75) is 66.0 Å². The third-order valence-electron chi connectivity index (χ3n) is 2.70. The van der Waals surface area contributed by atoms with E-state index in [9.17, 15) is 0 Å². The fraction of sp³-hybridized carbons (Fsp3) is 1.00. The Labute approximate surface area is 85.7 Å². The first-order valence-corrected chi connectivity index (χ1v) is 6.02. The fourth-order valence-corrected chi connectivity index (χ4v) is 1.89.